The van der Waals surface area contributed by atoms with E-state index < -0.39 is 4.92 Å². The topological polar surface area (TPSA) is 46.4 Å². The molecule has 0 atom stereocenters. The van der Waals surface area contributed by atoms with Gasteiger partial charge in [-0.15, -0.1) is 0 Å². The number of rotatable bonds is 2. The molecule has 0 unspecified atom stereocenters. The second-order valence-electron chi connectivity index (χ2n) is 3.27. The average Bonchev–Trinajstić information content (AvgIpc) is 2.10. The molecule has 0 spiro atoms. The van der Waals surface area contributed by atoms with Gasteiger partial charge in [0.15, 0.2) is 0 Å². The Kier molecular flexibility index (Phi) is 3.06. The Morgan fingerprint density at radius 1 is 1.64 bits per heavy atom. The number of nitro groups is 1. The number of hydrogen-bond donors (Lipinski definition) is 0. The third-order valence-electron chi connectivity index (χ3n) is 2.27. The molecule has 1 heterocycles. The summed E-state index contributed by atoms with van der Waals surface area (Å²) in [5.41, 5.74) is 2.71. The molecule has 1 rings (SSSR count). The first-order chi connectivity index (χ1) is 6.54. The third-order valence-corrected chi connectivity index (χ3v) is 2.27. The molecule has 4 heteroatoms. The summed E-state index contributed by atoms with van der Waals surface area (Å²) in [7, 11) is 1.93. The Morgan fingerprint density at radius 2 is 2.29 bits per heavy atom. The fourth-order valence-corrected chi connectivity index (χ4v) is 1.36. The molecule has 0 fully saturated rings. The summed E-state index contributed by atoms with van der Waals surface area (Å²) in [6, 6.07) is 0. The van der Waals surface area contributed by atoms with Gasteiger partial charge < -0.3 is 4.90 Å². The number of allylic oxidation sites excluding steroid dienone is 4. The van der Waals surface area contributed by atoms with Crippen molar-refractivity contribution in [3.8, 4) is 0 Å². The Morgan fingerprint density at radius 3 is 2.79 bits per heavy atom. The van der Waals surface area contributed by atoms with Crippen LogP contribution in [0.2, 0.25) is 0 Å². The van der Waals surface area contributed by atoms with Crippen LogP contribution in [0.5, 0.6) is 0 Å². The van der Waals surface area contributed by atoms with Gasteiger partial charge in [0.2, 0.25) is 6.20 Å². The van der Waals surface area contributed by atoms with Crippen molar-refractivity contribution in [1.29, 1.82) is 0 Å². The minimum absolute atomic E-state index is 0.409. The molecular weight excluding hydrogens is 180 g/mol. The quantitative estimate of drug-likeness (QED) is 0.500. The van der Waals surface area contributed by atoms with Crippen molar-refractivity contribution in [2.75, 3.05) is 7.05 Å². The van der Waals surface area contributed by atoms with E-state index in [-0.39, 0.29) is 0 Å². The van der Waals surface area contributed by atoms with E-state index in [0.29, 0.717) is 5.57 Å². The van der Waals surface area contributed by atoms with E-state index in [0.717, 1.165) is 23.9 Å². The lowest BCUT2D eigenvalue weighted by Crippen LogP contribution is -2.14. The Balaban J connectivity index is 3.05. The fraction of sp³-hybridized carbons (Fsp3) is 0.400. The molecule has 0 saturated heterocycles. The van der Waals surface area contributed by atoms with Crippen molar-refractivity contribution in [3.05, 3.63) is 45.4 Å². The summed E-state index contributed by atoms with van der Waals surface area (Å²) in [5.74, 6) is 0. The monoisotopic (exact) mass is 194 g/mol. The van der Waals surface area contributed by atoms with Crippen LogP contribution in [0.15, 0.2) is 35.3 Å². The second-order valence-corrected chi connectivity index (χ2v) is 3.27. The summed E-state index contributed by atoms with van der Waals surface area (Å²) in [5, 5.41) is 10.4. The van der Waals surface area contributed by atoms with Crippen LogP contribution in [-0.2, 0) is 0 Å². The first-order valence-electron chi connectivity index (χ1n) is 4.52. The van der Waals surface area contributed by atoms with Gasteiger partial charge >= 0.3 is 0 Å². The summed E-state index contributed by atoms with van der Waals surface area (Å²) < 4.78 is 0. The van der Waals surface area contributed by atoms with Gasteiger partial charge in [-0.3, -0.25) is 10.1 Å². The van der Waals surface area contributed by atoms with Crippen LogP contribution in [0.1, 0.15) is 20.3 Å². The lowest BCUT2D eigenvalue weighted by Gasteiger charge is -2.22. The predicted molar refractivity (Wildman–Crippen MR) is 55.0 cm³/mol. The van der Waals surface area contributed by atoms with Gasteiger partial charge in [-0.25, -0.2) is 0 Å². The highest BCUT2D eigenvalue weighted by atomic mass is 16.6. The molecule has 0 radical (unpaired) electrons. The van der Waals surface area contributed by atoms with Crippen LogP contribution in [0, 0.1) is 10.1 Å². The zero-order chi connectivity index (χ0) is 10.7. The van der Waals surface area contributed by atoms with Crippen LogP contribution in [-0.4, -0.2) is 16.9 Å². The summed E-state index contributed by atoms with van der Waals surface area (Å²) in [4.78, 5) is 11.9. The van der Waals surface area contributed by atoms with Gasteiger partial charge in [0.1, 0.15) is 0 Å². The zero-order valence-corrected chi connectivity index (χ0v) is 8.65. The van der Waals surface area contributed by atoms with Crippen molar-refractivity contribution in [2.45, 2.75) is 20.3 Å². The third kappa shape index (κ3) is 2.22. The number of hydrogen-bond acceptors (Lipinski definition) is 3. The SMILES string of the molecule is CCC1=CN(C)C(C)=C/C1=C/[N+](=O)[O-]. The van der Waals surface area contributed by atoms with E-state index in [2.05, 4.69) is 0 Å². The molecule has 0 aromatic rings. The molecule has 0 saturated carbocycles. The standard InChI is InChI=1S/C10H14N2O2/c1-4-9-6-11(3)8(2)5-10(9)7-12(13)14/h5-7H,4H2,1-3H3/b10-7-. The van der Waals surface area contributed by atoms with Gasteiger partial charge in [-0.05, 0) is 25.0 Å². The highest BCUT2D eigenvalue weighted by Crippen LogP contribution is 2.23. The predicted octanol–water partition coefficient (Wildman–Crippen LogP) is 2.29. The summed E-state index contributed by atoms with van der Waals surface area (Å²) in [6.07, 6.45) is 5.63. The van der Waals surface area contributed by atoms with Gasteiger partial charge in [-0.1, -0.05) is 6.92 Å². The molecule has 0 amide bonds. The minimum atomic E-state index is -0.409. The van der Waals surface area contributed by atoms with Crippen LogP contribution in [0.3, 0.4) is 0 Å². The Bertz CT molecular complexity index is 340. The molecule has 4 nitrogen and oxygen atoms in total. The van der Waals surface area contributed by atoms with Crippen LogP contribution < -0.4 is 0 Å². The molecule has 14 heavy (non-hydrogen) atoms. The molecule has 76 valence electrons. The molecule has 1 aliphatic rings. The number of nitrogens with zero attached hydrogens (tertiary/aromatic N) is 2. The van der Waals surface area contributed by atoms with E-state index in [1.54, 1.807) is 0 Å². The normalized spacial score (nSPS) is 19.4. The maximum Gasteiger partial charge on any atom is 0.242 e. The smallest absolute Gasteiger partial charge is 0.242 e. The van der Waals surface area contributed by atoms with E-state index in [4.69, 9.17) is 0 Å². The van der Waals surface area contributed by atoms with Crippen LogP contribution in [0.25, 0.3) is 0 Å². The molecular formula is C10H14N2O2. The fourth-order valence-electron chi connectivity index (χ4n) is 1.36. The first-order valence-corrected chi connectivity index (χ1v) is 4.52. The Hall–Kier alpha value is -1.58. The van der Waals surface area contributed by atoms with Crippen molar-refractivity contribution < 1.29 is 4.92 Å². The van der Waals surface area contributed by atoms with Crippen molar-refractivity contribution in [1.82, 2.24) is 4.90 Å². The maximum atomic E-state index is 10.4. The molecule has 0 bridgehead atoms. The zero-order valence-electron chi connectivity index (χ0n) is 8.65. The highest BCUT2D eigenvalue weighted by Gasteiger charge is 2.13. The van der Waals surface area contributed by atoms with Gasteiger partial charge in [0.05, 0.1) is 10.5 Å². The van der Waals surface area contributed by atoms with Gasteiger partial charge in [0.25, 0.3) is 0 Å². The molecule has 0 aromatic heterocycles. The van der Waals surface area contributed by atoms with E-state index >= 15 is 0 Å². The highest BCUT2D eigenvalue weighted by molar-refractivity contribution is 5.43. The maximum absolute atomic E-state index is 10.4. The molecule has 0 N–H and O–H groups in total. The van der Waals surface area contributed by atoms with Crippen LogP contribution >= 0.6 is 0 Å². The molecule has 0 aliphatic carbocycles. The van der Waals surface area contributed by atoms with E-state index in [9.17, 15) is 10.1 Å². The second kappa shape index (κ2) is 4.09. The van der Waals surface area contributed by atoms with Gasteiger partial charge in [-0.2, -0.15) is 0 Å². The van der Waals surface area contributed by atoms with Gasteiger partial charge in [0, 0.05) is 18.9 Å². The van der Waals surface area contributed by atoms with E-state index in [1.807, 2.05) is 38.1 Å². The molecule has 1 aliphatic heterocycles. The van der Waals surface area contributed by atoms with Crippen molar-refractivity contribution >= 4 is 0 Å². The van der Waals surface area contributed by atoms with Crippen molar-refractivity contribution in [3.63, 3.8) is 0 Å². The van der Waals surface area contributed by atoms with E-state index in [1.165, 1.54) is 0 Å². The van der Waals surface area contributed by atoms with Crippen LogP contribution in [0.4, 0.5) is 0 Å². The lowest BCUT2D eigenvalue weighted by molar-refractivity contribution is -0.403. The average molecular weight is 194 g/mol. The summed E-state index contributed by atoms with van der Waals surface area (Å²) in [6.45, 7) is 3.92. The lowest BCUT2D eigenvalue weighted by atomic mass is 10.0. The largest absolute Gasteiger partial charge is 0.354 e. The summed E-state index contributed by atoms with van der Waals surface area (Å²) >= 11 is 0. The Labute approximate surface area is 83.4 Å². The van der Waals surface area contributed by atoms with Crippen molar-refractivity contribution in [2.24, 2.45) is 0 Å². The molecule has 0 aromatic carbocycles. The first kappa shape index (κ1) is 10.5. The minimum Gasteiger partial charge on any atom is -0.354 e.